The number of carboxylic acid groups (broad SMARTS) is 2. The van der Waals surface area contributed by atoms with Crippen LogP contribution in [0.4, 0.5) is 26.3 Å². The number of alkyl halides is 6. The molecule has 0 unspecified atom stereocenters. The topological polar surface area (TPSA) is 118 Å². The second kappa shape index (κ2) is 12.7. The normalized spacial score (nSPS) is 22.4. The zero-order chi connectivity index (χ0) is 26.1. The Morgan fingerprint density at radius 3 is 2.18 bits per heavy atom. The van der Waals surface area contributed by atoms with Crippen molar-refractivity contribution in [3.63, 3.8) is 0 Å². The maximum absolute atomic E-state index is 10.6. The highest BCUT2D eigenvalue weighted by molar-refractivity contribution is 5.73. The molecule has 2 saturated heterocycles. The largest absolute Gasteiger partial charge is 0.490 e. The van der Waals surface area contributed by atoms with Crippen LogP contribution in [0.15, 0.2) is 18.3 Å². The molecule has 2 N–H and O–H groups in total. The Morgan fingerprint density at radius 2 is 1.71 bits per heavy atom. The van der Waals surface area contributed by atoms with E-state index in [1.54, 1.807) is 20.4 Å². The Hall–Kier alpha value is -2.65. The molecule has 0 radical (unpaired) electrons. The summed E-state index contributed by atoms with van der Waals surface area (Å²) in [6.07, 6.45) is -5.73. The van der Waals surface area contributed by atoms with E-state index in [0.29, 0.717) is 11.9 Å². The van der Waals surface area contributed by atoms with Crippen LogP contribution < -0.4 is 4.74 Å². The van der Waals surface area contributed by atoms with Crippen LogP contribution in [0.3, 0.4) is 0 Å². The van der Waals surface area contributed by atoms with Gasteiger partial charge in [0.25, 0.3) is 0 Å². The van der Waals surface area contributed by atoms with Crippen LogP contribution in [0.2, 0.25) is 0 Å². The molecule has 0 spiro atoms. The molecular formula is C19H24F6N2O7. The monoisotopic (exact) mass is 506 g/mol. The van der Waals surface area contributed by atoms with E-state index in [9.17, 15) is 26.3 Å². The molecule has 1 aromatic rings. The molecule has 0 saturated carbocycles. The van der Waals surface area contributed by atoms with E-state index in [0.717, 1.165) is 31.7 Å². The molecule has 3 rings (SSSR count). The van der Waals surface area contributed by atoms with Crippen LogP contribution in [0.1, 0.15) is 18.4 Å². The van der Waals surface area contributed by atoms with Crippen molar-refractivity contribution >= 4 is 11.9 Å². The standard InChI is InChI=1S/C15H22N2O3.2C2HF3O2/c1-18-13-10-17(12-6-4-8-20-14(12)13)9-11-5-3-7-16-15(11)19-2;2*3-2(4,5)1(6)7/h3,5,7,12-14H,4,6,8-10H2,1-2H3;2*(H,6,7)/t12-,13+,14+;;/m1../s1. The zero-order valence-corrected chi connectivity index (χ0v) is 18.1. The smallest absolute Gasteiger partial charge is 0.481 e. The van der Waals surface area contributed by atoms with Crippen molar-refractivity contribution in [2.45, 2.75) is 50.0 Å². The Bertz CT molecular complexity index is 782. The third kappa shape index (κ3) is 8.95. The Labute approximate surface area is 190 Å². The summed E-state index contributed by atoms with van der Waals surface area (Å²) in [6.45, 7) is 2.59. The maximum atomic E-state index is 10.6. The number of rotatable bonds is 4. The fourth-order valence-corrected chi connectivity index (χ4v) is 3.34. The summed E-state index contributed by atoms with van der Waals surface area (Å²) >= 11 is 0. The van der Waals surface area contributed by atoms with E-state index in [4.69, 9.17) is 34.0 Å². The average molecular weight is 506 g/mol. The van der Waals surface area contributed by atoms with Crippen LogP contribution in [-0.4, -0.2) is 90.0 Å². The van der Waals surface area contributed by atoms with Crippen LogP contribution >= 0.6 is 0 Å². The summed E-state index contributed by atoms with van der Waals surface area (Å²) in [5.41, 5.74) is 1.12. The van der Waals surface area contributed by atoms with Gasteiger partial charge in [0.05, 0.1) is 13.2 Å². The van der Waals surface area contributed by atoms with Gasteiger partial charge in [-0.25, -0.2) is 14.6 Å². The van der Waals surface area contributed by atoms with Gasteiger partial charge in [-0.3, -0.25) is 4.90 Å². The van der Waals surface area contributed by atoms with E-state index < -0.39 is 24.3 Å². The minimum absolute atomic E-state index is 0.169. The summed E-state index contributed by atoms with van der Waals surface area (Å²) in [5, 5.41) is 14.2. The minimum atomic E-state index is -5.08. The summed E-state index contributed by atoms with van der Waals surface area (Å²) in [4.78, 5) is 24.5. The number of methoxy groups -OCH3 is 2. The Morgan fingerprint density at radius 1 is 1.15 bits per heavy atom. The van der Waals surface area contributed by atoms with Crippen molar-refractivity contribution in [1.29, 1.82) is 0 Å². The van der Waals surface area contributed by atoms with Crippen molar-refractivity contribution in [3.8, 4) is 5.88 Å². The van der Waals surface area contributed by atoms with Crippen LogP contribution in [0, 0.1) is 0 Å². The van der Waals surface area contributed by atoms with E-state index in [1.807, 2.05) is 6.07 Å². The predicted octanol–water partition coefficient (Wildman–Crippen LogP) is 2.74. The number of ether oxygens (including phenoxy) is 3. The number of aliphatic carboxylic acids is 2. The fourth-order valence-electron chi connectivity index (χ4n) is 3.34. The highest BCUT2D eigenvalue weighted by Crippen LogP contribution is 2.32. The number of carbonyl (C=O) groups is 2. The number of carboxylic acids is 2. The number of pyridine rings is 1. The molecule has 34 heavy (non-hydrogen) atoms. The Kier molecular flexibility index (Phi) is 11.0. The molecular weight excluding hydrogens is 482 g/mol. The van der Waals surface area contributed by atoms with Crippen molar-refractivity contribution in [1.82, 2.24) is 9.88 Å². The summed E-state index contributed by atoms with van der Waals surface area (Å²) in [6, 6.07) is 4.47. The molecule has 0 aliphatic carbocycles. The van der Waals surface area contributed by atoms with Crippen LogP contribution in [0.5, 0.6) is 5.88 Å². The zero-order valence-electron chi connectivity index (χ0n) is 18.1. The lowest BCUT2D eigenvalue weighted by atomic mass is 10.0. The molecule has 2 aliphatic heterocycles. The molecule has 0 bridgehead atoms. The van der Waals surface area contributed by atoms with Crippen molar-refractivity contribution < 1.29 is 60.4 Å². The van der Waals surface area contributed by atoms with Crippen molar-refractivity contribution in [2.24, 2.45) is 0 Å². The second-order valence-electron chi connectivity index (χ2n) is 7.03. The molecule has 0 aromatic carbocycles. The van der Waals surface area contributed by atoms with Gasteiger partial charge in [0.1, 0.15) is 6.10 Å². The molecule has 194 valence electrons. The Balaban J connectivity index is 0.000000343. The van der Waals surface area contributed by atoms with Gasteiger partial charge in [-0.1, -0.05) is 6.07 Å². The van der Waals surface area contributed by atoms with Gasteiger partial charge < -0.3 is 24.4 Å². The number of halogens is 6. The lowest BCUT2D eigenvalue weighted by Crippen LogP contribution is -2.41. The van der Waals surface area contributed by atoms with Crippen molar-refractivity contribution in [2.75, 3.05) is 27.4 Å². The summed E-state index contributed by atoms with van der Waals surface area (Å²) in [7, 11) is 3.44. The van der Waals surface area contributed by atoms with E-state index >= 15 is 0 Å². The molecule has 3 atom stereocenters. The number of fused-ring (bicyclic) bond motifs is 1. The van der Waals surface area contributed by atoms with E-state index in [1.165, 1.54) is 6.42 Å². The molecule has 9 nitrogen and oxygen atoms in total. The molecule has 1 aromatic heterocycles. The molecule has 0 amide bonds. The average Bonchev–Trinajstić information content (AvgIpc) is 3.11. The number of likely N-dealkylation sites (tertiary alicyclic amines) is 1. The first-order chi connectivity index (χ1) is 15.7. The summed E-state index contributed by atoms with van der Waals surface area (Å²) < 4.78 is 80.3. The van der Waals surface area contributed by atoms with Gasteiger partial charge in [0, 0.05) is 44.6 Å². The number of hydrogen-bond acceptors (Lipinski definition) is 7. The van der Waals surface area contributed by atoms with Crippen molar-refractivity contribution in [3.05, 3.63) is 23.9 Å². The minimum Gasteiger partial charge on any atom is -0.481 e. The lowest BCUT2D eigenvalue weighted by molar-refractivity contribution is -0.193. The van der Waals surface area contributed by atoms with Gasteiger partial charge in [-0.2, -0.15) is 26.3 Å². The summed E-state index contributed by atoms with van der Waals surface area (Å²) in [5.74, 6) is -4.80. The van der Waals surface area contributed by atoms with Gasteiger partial charge in [-0.15, -0.1) is 0 Å². The van der Waals surface area contributed by atoms with Gasteiger partial charge in [-0.05, 0) is 18.9 Å². The first kappa shape index (κ1) is 29.4. The number of nitrogens with zero attached hydrogens (tertiary/aromatic N) is 2. The molecule has 2 fully saturated rings. The third-order valence-electron chi connectivity index (χ3n) is 4.79. The van der Waals surface area contributed by atoms with E-state index in [-0.39, 0.29) is 12.2 Å². The lowest BCUT2D eigenvalue weighted by Gasteiger charge is -2.32. The highest BCUT2D eigenvalue weighted by Gasteiger charge is 2.44. The van der Waals surface area contributed by atoms with Gasteiger partial charge in [0.15, 0.2) is 0 Å². The second-order valence-corrected chi connectivity index (χ2v) is 7.03. The number of aromatic nitrogens is 1. The van der Waals surface area contributed by atoms with E-state index in [2.05, 4.69) is 16.0 Å². The van der Waals surface area contributed by atoms with Crippen LogP contribution in [0.25, 0.3) is 0 Å². The molecule has 2 aliphatic rings. The van der Waals surface area contributed by atoms with Gasteiger partial charge >= 0.3 is 24.3 Å². The first-order valence-electron chi connectivity index (χ1n) is 9.68. The fraction of sp³-hybridized carbons (Fsp3) is 0.632. The van der Waals surface area contributed by atoms with Gasteiger partial charge in [0.2, 0.25) is 5.88 Å². The van der Waals surface area contributed by atoms with Crippen LogP contribution in [-0.2, 0) is 25.6 Å². The quantitative estimate of drug-likeness (QED) is 0.595. The molecule has 15 heteroatoms. The predicted molar refractivity (Wildman–Crippen MR) is 102 cm³/mol. The number of hydrogen-bond donors (Lipinski definition) is 2. The molecule has 3 heterocycles. The maximum Gasteiger partial charge on any atom is 0.490 e. The third-order valence-corrected chi connectivity index (χ3v) is 4.79. The SMILES string of the molecule is COc1ncccc1CN1C[C@H](OC)[C@H]2OCCC[C@H]21.O=C(O)C(F)(F)F.O=C(O)C(F)(F)F. The first-order valence-corrected chi connectivity index (χ1v) is 9.68. The highest BCUT2D eigenvalue weighted by atomic mass is 19.4.